The highest BCUT2D eigenvalue weighted by molar-refractivity contribution is 9.10. The first-order chi connectivity index (χ1) is 6.65. The summed E-state index contributed by atoms with van der Waals surface area (Å²) in [6, 6.07) is 4.67. The quantitative estimate of drug-likeness (QED) is 0.518. The first-order valence-corrected chi connectivity index (χ1v) is 4.41. The van der Waals surface area contributed by atoms with Crippen LogP contribution in [-0.2, 0) is 0 Å². The third-order valence-electron chi connectivity index (χ3n) is 1.43. The van der Waals surface area contributed by atoms with Crippen LogP contribution in [0.3, 0.4) is 0 Å². The summed E-state index contributed by atoms with van der Waals surface area (Å²) in [5.74, 6) is 4.97. The fourth-order valence-corrected chi connectivity index (χ4v) is 1.37. The average Bonchev–Trinajstić information content (AvgIpc) is 2.10. The molecule has 0 spiro atoms. The topological polar surface area (TPSA) is 47.6 Å². The molecule has 0 atom stereocenters. The first kappa shape index (κ1) is 10.9. The van der Waals surface area contributed by atoms with Gasteiger partial charge in [-0.25, -0.2) is 0 Å². The number of nitrogens with zero attached hydrogens (tertiary/aromatic N) is 1. The van der Waals surface area contributed by atoms with Gasteiger partial charge in [0.05, 0.1) is 11.8 Å². The van der Waals surface area contributed by atoms with Crippen LogP contribution in [0.5, 0.6) is 5.75 Å². The van der Waals surface area contributed by atoms with Gasteiger partial charge in [0.2, 0.25) is 0 Å². The van der Waals surface area contributed by atoms with Gasteiger partial charge in [0.15, 0.2) is 0 Å². The molecule has 0 heterocycles. The molecule has 3 nitrogen and oxygen atoms in total. The number of rotatable bonds is 3. The van der Waals surface area contributed by atoms with Crippen LogP contribution < -0.4 is 10.6 Å². The van der Waals surface area contributed by atoms with Crippen molar-refractivity contribution in [2.75, 3.05) is 0 Å². The Morgan fingerprint density at radius 1 is 1.50 bits per heavy atom. The van der Waals surface area contributed by atoms with E-state index >= 15 is 0 Å². The van der Waals surface area contributed by atoms with E-state index in [4.69, 9.17) is 5.84 Å². The summed E-state index contributed by atoms with van der Waals surface area (Å²) in [5.41, 5.74) is 0.385. The van der Waals surface area contributed by atoms with Gasteiger partial charge in [-0.2, -0.15) is 13.9 Å². The normalized spacial score (nSPS) is 11.1. The number of benzene rings is 1. The Labute approximate surface area is 87.7 Å². The Hall–Kier alpha value is -1.17. The minimum absolute atomic E-state index is 0.0311. The molecule has 0 amide bonds. The van der Waals surface area contributed by atoms with Crippen molar-refractivity contribution in [1.29, 1.82) is 0 Å². The second-order valence-corrected chi connectivity index (χ2v) is 3.16. The monoisotopic (exact) mass is 264 g/mol. The van der Waals surface area contributed by atoms with E-state index in [-0.39, 0.29) is 5.75 Å². The molecule has 14 heavy (non-hydrogen) atoms. The number of hydrogen-bond acceptors (Lipinski definition) is 3. The van der Waals surface area contributed by atoms with Gasteiger partial charge in [-0.3, -0.25) is 0 Å². The lowest BCUT2D eigenvalue weighted by Crippen LogP contribution is -2.05. The van der Waals surface area contributed by atoms with Gasteiger partial charge in [-0.05, 0) is 28.1 Å². The third kappa shape index (κ3) is 2.66. The van der Waals surface area contributed by atoms with Crippen molar-refractivity contribution in [1.82, 2.24) is 0 Å². The highest BCUT2D eigenvalue weighted by Crippen LogP contribution is 2.26. The lowest BCUT2D eigenvalue weighted by Gasteiger charge is -2.08. The van der Waals surface area contributed by atoms with Crippen LogP contribution in [0.1, 0.15) is 5.56 Å². The molecule has 0 aliphatic carbocycles. The van der Waals surface area contributed by atoms with Crippen LogP contribution >= 0.6 is 15.9 Å². The molecule has 0 aliphatic rings. The van der Waals surface area contributed by atoms with Gasteiger partial charge < -0.3 is 10.6 Å². The van der Waals surface area contributed by atoms with Gasteiger partial charge in [-0.1, -0.05) is 6.07 Å². The van der Waals surface area contributed by atoms with Gasteiger partial charge in [0.25, 0.3) is 0 Å². The predicted octanol–water partition coefficient (Wildman–Crippen LogP) is 2.34. The number of alkyl halides is 2. The predicted molar refractivity (Wildman–Crippen MR) is 52.6 cm³/mol. The zero-order chi connectivity index (χ0) is 10.6. The number of halogens is 3. The van der Waals surface area contributed by atoms with E-state index in [1.165, 1.54) is 12.3 Å². The Morgan fingerprint density at radius 3 is 2.79 bits per heavy atom. The largest absolute Gasteiger partial charge is 0.434 e. The van der Waals surface area contributed by atoms with Gasteiger partial charge in [0.1, 0.15) is 5.75 Å². The van der Waals surface area contributed by atoms with E-state index < -0.39 is 6.61 Å². The Balaban J connectivity index is 3.07. The van der Waals surface area contributed by atoms with Crippen molar-refractivity contribution in [2.45, 2.75) is 6.61 Å². The molecule has 0 aromatic heterocycles. The minimum Gasteiger partial charge on any atom is -0.434 e. The molecule has 0 bridgehead atoms. The maximum atomic E-state index is 12.0. The van der Waals surface area contributed by atoms with E-state index in [0.29, 0.717) is 10.0 Å². The van der Waals surface area contributed by atoms with Crippen molar-refractivity contribution < 1.29 is 13.5 Å². The molecule has 0 unspecified atom stereocenters. The van der Waals surface area contributed by atoms with Gasteiger partial charge >= 0.3 is 6.61 Å². The van der Waals surface area contributed by atoms with Crippen molar-refractivity contribution in [3.8, 4) is 5.75 Å². The fraction of sp³-hybridized carbons (Fsp3) is 0.125. The molecular formula is C8H7BrF2N2O. The maximum Gasteiger partial charge on any atom is 0.387 e. The van der Waals surface area contributed by atoms with Crippen molar-refractivity contribution >= 4 is 22.1 Å². The van der Waals surface area contributed by atoms with Crippen LogP contribution in [0, 0.1) is 0 Å². The van der Waals surface area contributed by atoms with Gasteiger partial charge in [0, 0.05) is 4.47 Å². The van der Waals surface area contributed by atoms with Crippen LogP contribution in [0.2, 0.25) is 0 Å². The van der Waals surface area contributed by atoms with E-state index in [2.05, 4.69) is 25.8 Å². The summed E-state index contributed by atoms with van der Waals surface area (Å²) in [7, 11) is 0. The zero-order valence-electron chi connectivity index (χ0n) is 6.95. The molecule has 0 radical (unpaired) electrons. The van der Waals surface area contributed by atoms with Crippen LogP contribution in [0.25, 0.3) is 0 Å². The summed E-state index contributed by atoms with van der Waals surface area (Å²) in [6.07, 6.45) is 1.24. The van der Waals surface area contributed by atoms with Crippen LogP contribution in [-0.4, -0.2) is 12.8 Å². The zero-order valence-corrected chi connectivity index (χ0v) is 8.54. The molecule has 6 heteroatoms. The minimum atomic E-state index is -2.87. The fourth-order valence-electron chi connectivity index (χ4n) is 0.916. The number of hydrazone groups is 1. The molecule has 1 aromatic rings. The van der Waals surface area contributed by atoms with Crippen LogP contribution in [0.15, 0.2) is 27.8 Å². The van der Waals surface area contributed by atoms with Crippen molar-refractivity contribution in [2.24, 2.45) is 10.9 Å². The molecule has 0 saturated heterocycles. The highest BCUT2D eigenvalue weighted by Gasteiger charge is 2.10. The van der Waals surface area contributed by atoms with E-state index in [1.807, 2.05) is 0 Å². The number of nitrogens with two attached hydrogens (primary N) is 1. The Kier molecular flexibility index (Phi) is 3.82. The standard InChI is InChI=1S/C8H7BrF2N2O/c9-6-2-1-3-7(14-8(10)11)5(6)4-13-12/h1-4,8H,12H2. The van der Waals surface area contributed by atoms with Gasteiger partial charge in [-0.15, -0.1) is 0 Å². The summed E-state index contributed by atoms with van der Waals surface area (Å²) >= 11 is 3.17. The maximum absolute atomic E-state index is 12.0. The van der Waals surface area contributed by atoms with E-state index in [0.717, 1.165) is 0 Å². The number of ether oxygens (including phenoxy) is 1. The van der Waals surface area contributed by atoms with Crippen LogP contribution in [0.4, 0.5) is 8.78 Å². The third-order valence-corrected chi connectivity index (χ3v) is 2.12. The molecule has 1 rings (SSSR count). The smallest absolute Gasteiger partial charge is 0.387 e. The Bertz CT molecular complexity index is 344. The summed E-state index contributed by atoms with van der Waals surface area (Å²) < 4.78 is 28.8. The summed E-state index contributed by atoms with van der Waals surface area (Å²) in [5, 5.41) is 3.25. The number of hydrogen-bond donors (Lipinski definition) is 1. The highest BCUT2D eigenvalue weighted by atomic mass is 79.9. The van der Waals surface area contributed by atoms with Crippen molar-refractivity contribution in [3.63, 3.8) is 0 Å². The molecule has 0 saturated carbocycles. The summed E-state index contributed by atoms with van der Waals surface area (Å²) in [6.45, 7) is -2.87. The lowest BCUT2D eigenvalue weighted by atomic mass is 10.2. The molecule has 76 valence electrons. The molecular weight excluding hydrogens is 258 g/mol. The van der Waals surface area contributed by atoms with Crippen molar-refractivity contribution in [3.05, 3.63) is 28.2 Å². The molecule has 2 N–H and O–H groups in total. The van der Waals surface area contributed by atoms with E-state index in [9.17, 15) is 8.78 Å². The second kappa shape index (κ2) is 4.90. The molecule has 1 aromatic carbocycles. The average molecular weight is 265 g/mol. The Morgan fingerprint density at radius 2 is 2.21 bits per heavy atom. The molecule has 0 fully saturated rings. The molecule has 0 aliphatic heterocycles. The second-order valence-electron chi connectivity index (χ2n) is 2.31. The first-order valence-electron chi connectivity index (χ1n) is 3.61. The lowest BCUT2D eigenvalue weighted by molar-refractivity contribution is -0.0499. The SMILES string of the molecule is NN=Cc1c(Br)cccc1OC(F)F. The van der Waals surface area contributed by atoms with E-state index in [1.54, 1.807) is 12.1 Å². The summed E-state index contributed by atoms with van der Waals surface area (Å²) in [4.78, 5) is 0.